The molecule has 142 valence electrons. The molecule has 0 atom stereocenters. The Hall–Kier alpha value is -3.30. The Kier molecular flexibility index (Phi) is 5.27. The Bertz CT molecular complexity index is 1010. The van der Waals surface area contributed by atoms with Crippen molar-refractivity contribution in [1.29, 1.82) is 0 Å². The van der Waals surface area contributed by atoms with Crippen LogP contribution in [-0.2, 0) is 0 Å². The fourth-order valence-corrected chi connectivity index (χ4v) is 3.28. The number of nitrogens with one attached hydrogen (secondary N) is 1. The van der Waals surface area contributed by atoms with Gasteiger partial charge in [-0.2, -0.15) is 0 Å². The molecule has 1 N–H and O–H groups in total. The molecule has 4 rings (SSSR count). The topological polar surface area (TPSA) is 59.5 Å². The van der Waals surface area contributed by atoms with E-state index in [2.05, 4.69) is 21.2 Å². The SMILES string of the molecule is C#Cc1ccc(Nc2ncnc3cc(OC)c(ON4CCCCC4)cc23)cc1. The van der Waals surface area contributed by atoms with Crippen LogP contribution in [0.15, 0.2) is 42.7 Å². The van der Waals surface area contributed by atoms with Gasteiger partial charge < -0.3 is 14.9 Å². The number of hydrogen-bond donors (Lipinski definition) is 1. The first-order chi connectivity index (χ1) is 13.8. The first-order valence-corrected chi connectivity index (χ1v) is 9.36. The third-order valence-electron chi connectivity index (χ3n) is 4.78. The van der Waals surface area contributed by atoms with Crippen LogP contribution >= 0.6 is 0 Å². The van der Waals surface area contributed by atoms with Crippen LogP contribution < -0.4 is 14.9 Å². The van der Waals surface area contributed by atoms with E-state index in [0.29, 0.717) is 17.3 Å². The second kappa shape index (κ2) is 8.15. The summed E-state index contributed by atoms with van der Waals surface area (Å²) in [5.41, 5.74) is 2.51. The minimum atomic E-state index is 0.654. The molecular formula is C22H22N4O2. The molecule has 1 aliphatic rings. The maximum Gasteiger partial charge on any atom is 0.190 e. The fourth-order valence-electron chi connectivity index (χ4n) is 3.28. The molecule has 1 fully saturated rings. The molecule has 0 saturated carbocycles. The minimum absolute atomic E-state index is 0.654. The van der Waals surface area contributed by atoms with Crippen LogP contribution in [0.25, 0.3) is 10.9 Å². The normalized spacial score (nSPS) is 14.4. The van der Waals surface area contributed by atoms with Gasteiger partial charge in [0.15, 0.2) is 11.5 Å². The van der Waals surface area contributed by atoms with Crippen LogP contribution in [0.5, 0.6) is 11.5 Å². The molecule has 0 bridgehead atoms. The highest BCUT2D eigenvalue weighted by Crippen LogP contribution is 2.35. The maximum atomic E-state index is 6.12. The van der Waals surface area contributed by atoms with Crippen molar-refractivity contribution in [2.45, 2.75) is 19.3 Å². The highest BCUT2D eigenvalue weighted by Gasteiger charge is 2.17. The van der Waals surface area contributed by atoms with Crippen LogP contribution in [0.3, 0.4) is 0 Å². The summed E-state index contributed by atoms with van der Waals surface area (Å²) in [5.74, 6) is 4.63. The number of piperidine rings is 1. The van der Waals surface area contributed by atoms with E-state index in [-0.39, 0.29) is 0 Å². The van der Waals surface area contributed by atoms with Gasteiger partial charge in [0.25, 0.3) is 0 Å². The number of terminal acetylenes is 1. The number of methoxy groups -OCH3 is 1. The maximum absolute atomic E-state index is 6.12. The lowest BCUT2D eigenvalue weighted by Gasteiger charge is -2.26. The van der Waals surface area contributed by atoms with Gasteiger partial charge in [0, 0.05) is 35.8 Å². The number of aromatic nitrogens is 2. The smallest absolute Gasteiger partial charge is 0.190 e. The summed E-state index contributed by atoms with van der Waals surface area (Å²) < 4.78 is 5.53. The van der Waals surface area contributed by atoms with E-state index < -0.39 is 0 Å². The van der Waals surface area contributed by atoms with Gasteiger partial charge in [-0.3, -0.25) is 0 Å². The molecule has 0 radical (unpaired) electrons. The van der Waals surface area contributed by atoms with Crippen molar-refractivity contribution in [2.75, 3.05) is 25.5 Å². The van der Waals surface area contributed by atoms with E-state index in [0.717, 1.165) is 48.1 Å². The van der Waals surface area contributed by atoms with Crippen LogP contribution in [0.4, 0.5) is 11.5 Å². The minimum Gasteiger partial charge on any atom is -0.493 e. The van der Waals surface area contributed by atoms with Crippen molar-refractivity contribution in [3.05, 3.63) is 48.3 Å². The largest absolute Gasteiger partial charge is 0.493 e. The van der Waals surface area contributed by atoms with Crippen LogP contribution in [0, 0.1) is 12.3 Å². The van der Waals surface area contributed by atoms with E-state index in [1.165, 1.54) is 12.7 Å². The molecule has 3 aromatic rings. The Morgan fingerprint density at radius 1 is 1.04 bits per heavy atom. The van der Waals surface area contributed by atoms with E-state index in [9.17, 15) is 0 Å². The van der Waals surface area contributed by atoms with E-state index in [1.807, 2.05) is 41.5 Å². The summed E-state index contributed by atoms with van der Waals surface area (Å²) in [4.78, 5) is 14.9. The summed E-state index contributed by atoms with van der Waals surface area (Å²) >= 11 is 0. The number of anilines is 2. The predicted molar refractivity (Wildman–Crippen MR) is 110 cm³/mol. The van der Waals surface area contributed by atoms with Gasteiger partial charge >= 0.3 is 0 Å². The van der Waals surface area contributed by atoms with E-state index in [1.54, 1.807) is 7.11 Å². The Balaban J connectivity index is 1.68. The molecule has 2 aromatic carbocycles. The summed E-state index contributed by atoms with van der Waals surface area (Å²) in [5, 5.41) is 6.18. The van der Waals surface area contributed by atoms with Crippen molar-refractivity contribution < 1.29 is 9.57 Å². The Morgan fingerprint density at radius 3 is 2.54 bits per heavy atom. The van der Waals surface area contributed by atoms with Gasteiger partial charge in [0.05, 0.1) is 12.6 Å². The summed E-state index contributed by atoms with van der Waals surface area (Å²) in [7, 11) is 1.64. The zero-order valence-electron chi connectivity index (χ0n) is 15.8. The molecule has 2 heterocycles. The van der Waals surface area contributed by atoms with Gasteiger partial charge in [0.1, 0.15) is 12.1 Å². The number of ether oxygens (including phenoxy) is 1. The summed E-state index contributed by atoms with van der Waals surface area (Å²) in [6.45, 7) is 1.83. The molecule has 0 amide bonds. The Labute approximate surface area is 164 Å². The number of fused-ring (bicyclic) bond motifs is 1. The van der Waals surface area contributed by atoms with Crippen LogP contribution in [0.2, 0.25) is 0 Å². The van der Waals surface area contributed by atoms with Crippen molar-refractivity contribution in [2.24, 2.45) is 0 Å². The summed E-state index contributed by atoms with van der Waals surface area (Å²) in [6.07, 6.45) is 10.5. The van der Waals surface area contributed by atoms with Gasteiger partial charge in [-0.15, -0.1) is 11.5 Å². The lowest BCUT2D eigenvalue weighted by Crippen LogP contribution is -2.32. The number of hydroxylamine groups is 2. The Morgan fingerprint density at radius 2 is 1.82 bits per heavy atom. The van der Waals surface area contributed by atoms with Gasteiger partial charge in [-0.25, -0.2) is 9.97 Å². The highest BCUT2D eigenvalue weighted by molar-refractivity contribution is 5.93. The van der Waals surface area contributed by atoms with Crippen molar-refractivity contribution in [3.8, 4) is 23.8 Å². The first-order valence-electron chi connectivity index (χ1n) is 9.36. The number of benzene rings is 2. The first kappa shape index (κ1) is 18.1. The molecule has 28 heavy (non-hydrogen) atoms. The number of nitrogens with zero attached hydrogens (tertiary/aromatic N) is 3. The molecular weight excluding hydrogens is 352 g/mol. The van der Waals surface area contributed by atoms with Crippen molar-refractivity contribution >= 4 is 22.4 Å². The van der Waals surface area contributed by atoms with E-state index in [4.69, 9.17) is 16.0 Å². The molecule has 1 saturated heterocycles. The lowest BCUT2D eigenvalue weighted by molar-refractivity contribution is -0.0734. The monoisotopic (exact) mass is 374 g/mol. The third-order valence-corrected chi connectivity index (χ3v) is 4.78. The van der Waals surface area contributed by atoms with Gasteiger partial charge in [-0.05, 0) is 43.2 Å². The molecule has 1 aliphatic heterocycles. The summed E-state index contributed by atoms with van der Waals surface area (Å²) in [6, 6.07) is 11.4. The zero-order chi connectivity index (χ0) is 19.3. The second-order valence-electron chi connectivity index (χ2n) is 6.67. The van der Waals surface area contributed by atoms with E-state index >= 15 is 0 Å². The number of rotatable bonds is 5. The highest BCUT2D eigenvalue weighted by atomic mass is 16.7. The van der Waals surface area contributed by atoms with Crippen molar-refractivity contribution in [3.63, 3.8) is 0 Å². The standard InChI is InChI=1S/C22H22N4O2/c1-3-16-7-9-17(10-8-16)25-22-18-13-21(28-26-11-5-4-6-12-26)20(27-2)14-19(18)23-15-24-22/h1,7-10,13-15H,4-6,11-12H2,2H3,(H,23,24,25). The quantitative estimate of drug-likeness (QED) is 0.677. The van der Waals surface area contributed by atoms with Crippen LogP contribution in [-0.4, -0.2) is 35.2 Å². The van der Waals surface area contributed by atoms with Crippen LogP contribution in [0.1, 0.15) is 24.8 Å². The molecule has 0 spiro atoms. The van der Waals surface area contributed by atoms with Crippen molar-refractivity contribution in [1.82, 2.24) is 15.0 Å². The fraction of sp³-hybridized carbons (Fsp3) is 0.273. The second-order valence-corrected chi connectivity index (χ2v) is 6.67. The molecule has 6 nitrogen and oxygen atoms in total. The van der Waals surface area contributed by atoms with Gasteiger partial charge in [-0.1, -0.05) is 12.3 Å². The molecule has 6 heteroatoms. The zero-order valence-corrected chi connectivity index (χ0v) is 15.8. The molecule has 0 aliphatic carbocycles. The average molecular weight is 374 g/mol. The third kappa shape index (κ3) is 3.85. The van der Waals surface area contributed by atoms with Gasteiger partial charge in [0.2, 0.25) is 0 Å². The molecule has 0 unspecified atom stereocenters. The predicted octanol–water partition coefficient (Wildman–Crippen LogP) is 4.14. The molecule has 1 aromatic heterocycles. The average Bonchev–Trinajstić information content (AvgIpc) is 2.75. The lowest BCUT2D eigenvalue weighted by atomic mass is 10.2. The number of hydrogen-bond acceptors (Lipinski definition) is 6.